The number of rotatable bonds is 7. The molecular weight excluding hydrogens is 518 g/mol. The SMILES string of the molecule is CCCCN1C(=O)/C(=c2\sc3n(c2=O)[C@H](c2ccc(OC)c(OC)c2)C(C(=O)OC)=C(C)N=3)c2ccccc21. The van der Waals surface area contributed by atoms with Gasteiger partial charge in [0.15, 0.2) is 16.3 Å². The second kappa shape index (κ2) is 10.5. The van der Waals surface area contributed by atoms with Gasteiger partial charge >= 0.3 is 5.97 Å². The highest BCUT2D eigenvalue weighted by Crippen LogP contribution is 2.37. The Kier molecular flexibility index (Phi) is 7.14. The van der Waals surface area contributed by atoms with Crippen molar-refractivity contribution in [2.75, 3.05) is 32.8 Å². The third-order valence-electron chi connectivity index (χ3n) is 7.01. The van der Waals surface area contributed by atoms with Crippen LogP contribution in [0, 0.1) is 0 Å². The fourth-order valence-electron chi connectivity index (χ4n) is 5.12. The molecular formula is C29H29N3O6S. The number of esters is 1. The number of thiazole rings is 1. The van der Waals surface area contributed by atoms with Crippen molar-refractivity contribution in [3.05, 3.63) is 84.5 Å². The fraction of sp³-hybridized carbons (Fsp3) is 0.310. The van der Waals surface area contributed by atoms with E-state index >= 15 is 0 Å². The van der Waals surface area contributed by atoms with Crippen LogP contribution < -0.4 is 29.3 Å². The van der Waals surface area contributed by atoms with Crippen LogP contribution in [0.3, 0.4) is 0 Å². The molecule has 0 N–H and O–H groups in total. The number of unbranched alkanes of at least 4 members (excludes halogenated alkanes) is 1. The summed E-state index contributed by atoms with van der Waals surface area (Å²) in [6, 6.07) is 11.9. The van der Waals surface area contributed by atoms with E-state index in [9.17, 15) is 14.4 Å². The van der Waals surface area contributed by atoms with Crippen LogP contribution in [0.15, 0.2) is 63.5 Å². The van der Waals surface area contributed by atoms with Gasteiger partial charge in [0.25, 0.3) is 11.5 Å². The van der Waals surface area contributed by atoms with E-state index in [1.807, 2.05) is 24.3 Å². The zero-order valence-corrected chi connectivity index (χ0v) is 23.3. The van der Waals surface area contributed by atoms with Gasteiger partial charge in [-0.1, -0.05) is 48.9 Å². The zero-order valence-electron chi connectivity index (χ0n) is 22.4. The molecule has 2 aromatic carbocycles. The van der Waals surface area contributed by atoms with E-state index in [1.165, 1.54) is 25.9 Å². The number of amides is 1. The minimum atomic E-state index is -0.842. The van der Waals surface area contributed by atoms with Gasteiger partial charge in [0.1, 0.15) is 4.53 Å². The van der Waals surface area contributed by atoms with E-state index in [1.54, 1.807) is 30.0 Å². The van der Waals surface area contributed by atoms with Crippen LogP contribution in [0.5, 0.6) is 11.5 Å². The summed E-state index contributed by atoms with van der Waals surface area (Å²) >= 11 is 1.15. The summed E-state index contributed by atoms with van der Waals surface area (Å²) in [6.07, 6.45) is 1.78. The topological polar surface area (TPSA) is 99.4 Å². The Morgan fingerprint density at radius 3 is 2.49 bits per heavy atom. The Balaban J connectivity index is 1.80. The van der Waals surface area contributed by atoms with Gasteiger partial charge in [0.2, 0.25) is 0 Å². The Morgan fingerprint density at radius 2 is 1.79 bits per heavy atom. The van der Waals surface area contributed by atoms with Gasteiger partial charge in [0, 0.05) is 12.1 Å². The average Bonchev–Trinajstić information content (AvgIpc) is 3.42. The number of carbonyl (C=O) groups excluding carboxylic acids is 2. The number of ether oxygens (including phenoxy) is 3. The molecule has 39 heavy (non-hydrogen) atoms. The molecule has 0 saturated carbocycles. The minimum absolute atomic E-state index is 0.207. The minimum Gasteiger partial charge on any atom is -0.493 e. The first-order chi connectivity index (χ1) is 18.9. The summed E-state index contributed by atoms with van der Waals surface area (Å²) in [6.45, 7) is 4.35. The first-order valence-electron chi connectivity index (χ1n) is 12.6. The first kappa shape index (κ1) is 26.4. The van der Waals surface area contributed by atoms with Gasteiger partial charge in [0.05, 0.1) is 49.9 Å². The highest BCUT2D eigenvalue weighted by molar-refractivity contribution is 7.07. The number of benzene rings is 2. The molecule has 0 spiro atoms. The summed E-state index contributed by atoms with van der Waals surface area (Å²) in [5, 5.41) is 0. The molecule has 0 aliphatic carbocycles. The normalized spacial score (nSPS) is 17.5. The summed E-state index contributed by atoms with van der Waals surface area (Å²) < 4.78 is 17.7. The predicted octanol–water partition coefficient (Wildman–Crippen LogP) is 2.94. The molecule has 3 heterocycles. The van der Waals surface area contributed by atoms with Crippen molar-refractivity contribution >= 4 is 34.5 Å². The Morgan fingerprint density at radius 1 is 1.05 bits per heavy atom. The van der Waals surface area contributed by atoms with Crippen LogP contribution in [-0.4, -0.2) is 44.3 Å². The van der Waals surface area contributed by atoms with Crippen molar-refractivity contribution < 1.29 is 23.8 Å². The third-order valence-corrected chi connectivity index (χ3v) is 8.06. The molecule has 0 bridgehead atoms. The maximum Gasteiger partial charge on any atom is 0.338 e. The maximum atomic E-state index is 14.2. The molecule has 1 atom stereocenters. The molecule has 5 rings (SSSR count). The van der Waals surface area contributed by atoms with Crippen molar-refractivity contribution in [3.63, 3.8) is 0 Å². The Labute approximate surface area is 229 Å². The van der Waals surface area contributed by atoms with E-state index in [0.29, 0.717) is 39.7 Å². The van der Waals surface area contributed by atoms with Gasteiger partial charge in [-0.2, -0.15) is 0 Å². The summed E-state index contributed by atoms with van der Waals surface area (Å²) in [5.41, 5.74) is 2.75. The van der Waals surface area contributed by atoms with E-state index in [0.717, 1.165) is 35.4 Å². The van der Waals surface area contributed by atoms with Crippen molar-refractivity contribution in [3.8, 4) is 11.5 Å². The number of hydrogen-bond acceptors (Lipinski definition) is 8. The van der Waals surface area contributed by atoms with Crippen LogP contribution in [0.1, 0.15) is 43.9 Å². The van der Waals surface area contributed by atoms with E-state index < -0.39 is 17.6 Å². The van der Waals surface area contributed by atoms with E-state index in [2.05, 4.69) is 11.9 Å². The molecule has 0 radical (unpaired) electrons. The molecule has 202 valence electrons. The Hall–Kier alpha value is -4.18. The van der Waals surface area contributed by atoms with Gasteiger partial charge in [-0.15, -0.1) is 0 Å². The molecule has 0 fully saturated rings. The number of anilines is 1. The lowest BCUT2D eigenvalue weighted by atomic mass is 9.95. The van der Waals surface area contributed by atoms with E-state index in [-0.39, 0.29) is 16.0 Å². The molecule has 3 aromatic rings. The number of carbonyl (C=O) groups is 2. The molecule has 9 nitrogen and oxygen atoms in total. The highest BCUT2D eigenvalue weighted by atomic mass is 32.1. The van der Waals surface area contributed by atoms with Gasteiger partial charge in [-0.25, -0.2) is 9.79 Å². The number of fused-ring (bicyclic) bond motifs is 2. The largest absolute Gasteiger partial charge is 0.493 e. The lowest BCUT2D eigenvalue weighted by Crippen LogP contribution is -2.41. The zero-order chi connectivity index (χ0) is 27.8. The fourth-order valence-corrected chi connectivity index (χ4v) is 6.26. The number of para-hydroxylation sites is 1. The standard InChI is InChI=1S/C29H29N3O6S/c1-6-7-14-31-19-11-9-8-10-18(19)23(26(31)33)25-27(34)32-24(17-12-13-20(36-3)21(15-17)37-4)22(28(35)38-5)16(2)30-29(32)39-25/h8-13,15,24H,6-7,14H2,1-5H3/b25-23-/t24-/m1/s1. The lowest BCUT2D eigenvalue weighted by molar-refractivity contribution is -0.136. The first-order valence-corrected chi connectivity index (χ1v) is 13.4. The third kappa shape index (κ3) is 4.24. The van der Waals surface area contributed by atoms with E-state index in [4.69, 9.17) is 14.2 Å². The van der Waals surface area contributed by atoms with Gasteiger partial charge < -0.3 is 19.1 Å². The smallest absolute Gasteiger partial charge is 0.338 e. The Bertz CT molecular complexity index is 1700. The molecule has 1 amide bonds. The summed E-state index contributed by atoms with van der Waals surface area (Å²) in [5.74, 6) is 0.158. The van der Waals surface area contributed by atoms with Crippen molar-refractivity contribution in [1.29, 1.82) is 0 Å². The molecule has 0 unspecified atom stereocenters. The molecule has 10 heteroatoms. The lowest BCUT2D eigenvalue weighted by Gasteiger charge is -2.25. The van der Waals surface area contributed by atoms with Crippen molar-refractivity contribution in [2.45, 2.75) is 32.7 Å². The second-order valence-electron chi connectivity index (χ2n) is 9.21. The molecule has 0 saturated heterocycles. The summed E-state index contributed by atoms with van der Waals surface area (Å²) in [7, 11) is 4.34. The van der Waals surface area contributed by atoms with Crippen LogP contribution in [0.4, 0.5) is 5.69 Å². The van der Waals surface area contributed by atoms with Crippen LogP contribution in [0.2, 0.25) is 0 Å². The van der Waals surface area contributed by atoms with Crippen LogP contribution in [-0.2, 0) is 14.3 Å². The van der Waals surface area contributed by atoms with Crippen LogP contribution >= 0.6 is 11.3 Å². The van der Waals surface area contributed by atoms with Gasteiger partial charge in [-0.05, 0) is 37.1 Å². The predicted molar refractivity (Wildman–Crippen MR) is 148 cm³/mol. The quantitative estimate of drug-likeness (QED) is 0.422. The molecule has 2 aliphatic rings. The molecule has 2 aliphatic heterocycles. The molecule has 1 aromatic heterocycles. The number of aromatic nitrogens is 1. The number of nitrogens with zero attached hydrogens (tertiary/aromatic N) is 3. The monoisotopic (exact) mass is 547 g/mol. The summed E-state index contributed by atoms with van der Waals surface area (Å²) in [4.78, 5) is 47.7. The number of methoxy groups -OCH3 is 3. The number of hydrogen-bond donors (Lipinski definition) is 0. The maximum absolute atomic E-state index is 14.2. The van der Waals surface area contributed by atoms with Crippen molar-refractivity contribution in [2.24, 2.45) is 4.99 Å². The highest BCUT2D eigenvalue weighted by Gasteiger charge is 2.37. The average molecular weight is 548 g/mol. The van der Waals surface area contributed by atoms with Gasteiger partial charge in [-0.3, -0.25) is 14.2 Å². The van der Waals surface area contributed by atoms with Crippen LogP contribution in [0.25, 0.3) is 5.57 Å². The number of allylic oxidation sites excluding steroid dienone is 1. The second-order valence-corrected chi connectivity index (χ2v) is 10.2. The van der Waals surface area contributed by atoms with Crippen molar-refractivity contribution in [1.82, 2.24) is 4.57 Å².